The number of anilines is 2. The number of carbonyl (C=O) groups excluding carboxylic acids is 1. The Morgan fingerprint density at radius 3 is 2.31 bits per heavy atom. The molecule has 0 saturated carbocycles. The Hall–Kier alpha value is -3.04. The second-order valence-corrected chi connectivity index (χ2v) is 9.58. The molecule has 0 unspecified atom stereocenters. The summed E-state index contributed by atoms with van der Waals surface area (Å²) in [6.07, 6.45) is 0. The molecule has 32 heavy (non-hydrogen) atoms. The minimum absolute atomic E-state index is 0.0236. The highest BCUT2D eigenvalue weighted by Gasteiger charge is 2.30. The van der Waals surface area contributed by atoms with Gasteiger partial charge in [0.2, 0.25) is 5.91 Å². The van der Waals surface area contributed by atoms with E-state index in [0.29, 0.717) is 21.6 Å². The Balaban J connectivity index is 2.03. The second-order valence-electron chi connectivity index (χ2n) is 6.89. The van der Waals surface area contributed by atoms with Crippen molar-refractivity contribution in [3.63, 3.8) is 0 Å². The maximum atomic E-state index is 13.7. The lowest BCUT2D eigenvalue weighted by Crippen LogP contribution is -2.38. The van der Waals surface area contributed by atoms with Crippen LogP contribution >= 0.6 is 15.9 Å². The number of aryl methyl sites for hydroxylation is 1. The number of sulfonamides is 1. The number of para-hydroxylation sites is 1. The fourth-order valence-corrected chi connectivity index (χ4v) is 5.10. The molecule has 0 aromatic heterocycles. The van der Waals surface area contributed by atoms with Crippen molar-refractivity contribution >= 4 is 43.2 Å². The highest BCUT2D eigenvalue weighted by Crippen LogP contribution is 2.32. The highest BCUT2D eigenvalue weighted by molar-refractivity contribution is 9.10. The number of hydrogen-bond acceptors (Lipinski definition) is 5. The van der Waals surface area contributed by atoms with Gasteiger partial charge in [-0.15, -0.1) is 0 Å². The van der Waals surface area contributed by atoms with Gasteiger partial charge in [0, 0.05) is 4.47 Å². The molecule has 1 amide bonds. The molecule has 0 atom stereocenters. The Morgan fingerprint density at radius 2 is 1.69 bits per heavy atom. The minimum Gasteiger partial charge on any atom is -0.497 e. The van der Waals surface area contributed by atoms with Gasteiger partial charge in [-0.25, -0.2) is 8.42 Å². The quantitative estimate of drug-likeness (QED) is 0.470. The van der Waals surface area contributed by atoms with E-state index in [0.717, 1.165) is 9.87 Å². The van der Waals surface area contributed by atoms with Gasteiger partial charge in [-0.2, -0.15) is 0 Å². The van der Waals surface area contributed by atoms with E-state index in [1.165, 1.54) is 20.3 Å². The number of hydrogen-bond donors (Lipinski definition) is 1. The third-order valence-electron chi connectivity index (χ3n) is 4.68. The van der Waals surface area contributed by atoms with Crippen molar-refractivity contribution in [2.75, 3.05) is 30.4 Å². The van der Waals surface area contributed by atoms with Crippen LogP contribution in [0.25, 0.3) is 0 Å². The second kappa shape index (κ2) is 10.1. The summed E-state index contributed by atoms with van der Waals surface area (Å²) >= 11 is 3.38. The lowest BCUT2D eigenvalue weighted by molar-refractivity contribution is -0.114. The molecule has 7 nitrogen and oxygen atoms in total. The van der Waals surface area contributed by atoms with Gasteiger partial charge < -0.3 is 14.8 Å². The molecule has 168 valence electrons. The summed E-state index contributed by atoms with van der Waals surface area (Å²) in [7, 11) is -1.22. The zero-order valence-electron chi connectivity index (χ0n) is 17.8. The maximum Gasteiger partial charge on any atom is 0.268 e. The number of halogens is 1. The molecule has 3 aromatic carbocycles. The van der Waals surface area contributed by atoms with E-state index < -0.39 is 22.5 Å². The zero-order valence-corrected chi connectivity index (χ0v) is 20.2. The first-order valence-corrected chi connectivity index (χ1v) is 11.9. The number of nitrogens with one attached hydrogen (secondary N) is 1. The molecule has 0 aliphatic heterocycles. The van der Waals surface area contributed by atoms with E-state index in [1.807, 2.05) is 6.07 Å². The molecule has 0 bridgehead atoms. The van der Waals surface area contributed by atoms with E-state index in [-0.39, 0.29) is 10.6 Å². The first kappa shape index (κ1) is 23.6. The van der Waals surface area contributed by atoms with Gasteiger partial charge in [0.05, 0.1) is 25.6 Å². The Kier molecular flexibility index (Phi) is 7.42. The molecule has 0 fully saturated rings. The van der Waals surface area contributed by atoms with Crippen LogP contribution in [0.15, 0.2) is 76.1 Å². The number of ether oxygens (including phenoxy) is 2. The number of amides is 1. The normalized spacial score (nSPS) is 11.0. The highest BCUT2D eigenvalue weighted by atomic mass is 79.9. The van der Waals surface area contributed by atoms with Crippen molar-refractivity contribution in [3.05, 3.63) is 76.8 Å². The van der Waals surface area contributed by atoms with Crippen LogP contribution in [-0.4, -0.2) is 35.1 Å². The van der Waals surface area contributed by atoms with Gasteiger partial charge in [-0.3, -0.25) is 9.10 Å². The Labute approximate surface area is 196 Å². The monoisotopic (exact) mass is 518 g/mol. The topological polar surface area (TPSA) is 84.9 Å². The smallest absolute Gasteiger partial charge is 0.268 e. The summed E-state index contributed by atoms with van der Waals surface area (Å²) in [4.78, 5) is 12.9. The third-order valence-corrected chi connectivity index (χ3v) is 7.17. The van der Waals surface area contributed by atoms with Crippen molar-refractivity contribution in [2.24, 2.45) is 0 Å². The molecule has 0 aliphatic carbocycles. The average Bonchev–Trinajstić information content (AvgIpc) is 2.79. The first-order chi connectivity index (χ1) is 15.3. The van der Waals surface area contributed by atoms with Gasteiger partial charge in [-0.1, -0.05) is 18.2 Å². The van der Waals surface area contributed by atoms with Gasteiger partial charge in [-0.05, 0) is 76.9 Å². The number of rotatable bonds is 8. The van der Waals surface area contributed by atoms with E-state index in [4.69, 9.17) is 9.47 Å². The van der Waals surface area contributed by atoms with Crippen LogP contribution in [0.1, 0.15) is 5.56 Å². The lowest BCUT2D eigenvalue weighted by Gasteiger charge is -2.25. The van der Waals surface area contributed by atoms with E-state index in [2.05, 4.69) is 21.2 Å². The van der Waals surface area contributed by atoms with Crippen molar-refractivity contribution in [1.82, 2.24) is 0 Å². The number of carbonyl (C=O) groups is 1. The van der Waals surface area contributed by atoms with Gasteiger partial charge in [0.1, 0.15) is 22.9 Å². The van der Waals surface area contributed by atoms with Crippen molar-refractivity contribution in [3.8, 4) is 11.5 Å². The fourth-order valence-electron chi connectivity index (χ4n) is 3.05. The van der Waals surface area contributed by atoms with E-state index in [1.54, 1.807) is 61.5 Å². The Bertz CT molecular complexity index is 1210. The molecule has 0 aliphatic rings. The summed E-state index contributed by atoms with van der Waals surface area (Å²) < 4.78 is 39.6. The molecule has 0 saturated heterocycles. The van der Waals surface area contributed by atoms with Crippen LogP contribution in [0.3, 0.4) is 0 Å². The van der Waals surface area contributed by atoms with Gasteiger partial charge >= 0.3 is 0 Å². The van der Waals surface area contributed by atoms with E-state index >= 15 is 0 Å². The van der Waals surface area contributed by atoms with Crippen molar-refractivity contribution < 1.29 is 22.7 Å². The molecule has 0 heterocycles. The summed E-state index contributed by atoms with van der Waals surface area (Å²) in [5, 5.41) is 2.75. The van der Waals surface area contributed by atoms with Crippen LogP contribution in [0.5, 0.6) is 11.5 Å². The molecule has 3 rings (SSSR count). The molecule has 0 radical (unpaired) electrons. The average molecular weight is 519 g/mol. The summed E-state index contributed by atoms with van der Waals surface area (Å²) in [6.45, 7) is 1.35. The van der Waals surface area contributed by atoms with Gasteiger partial charge in [0.25, 0.3) is 10.0 Å². The minimum atomic E-state index is -4.14. The molecular formula is C23H23BrN2O5S. The van der Waals surface area contributed by atoms with E-state index in [9.17, 15) is 13.2 Å². The molecule has 9 heteroatoms. The molecule has 1 N–H and O–H groups in total. The van der Waals surface area contributed by atoms with Crippen LogP contribution in [0.2, 0.25) is 0 Å². The number of benzene rings is 3. The standard InChI is InChI=1S/C23H23BrN2O5S/c1-16-8-13-21(31-3)22(14-16)32(28,29)26(17-9-11-18(30-2)12-10-17)15-23(27)25-20-7-5-4-6-19(20)24/h4-14H,15H2,1-3H3,(H,25,27). The van der Waals surface area contributed by atoms with Crippen LogP contribution in [0, 0.1) is 6.92 Å². The SMILES string of the molecule is COc1ccc(N(CC(=O)Nc2ccccc2Br)S(=O)(=O)c2cc(C)ccc2OC)cc1. The first-order valence-electron chi connectivity index (χ1n) is 9.62. The largest absolute Gasteiger partial charge is 0.497 e. The Morgan fingerprint density at radius 1 is 1.00 bits per heavy atom. The van der Waals surface area contributed by atoms with Crippen LogP contribution in [-0.2, 0) is 14.8 Å². The maximum absolute atomic E-state index is 13.7. The van der Waals surface area contributed by atoms with Crippen LogP contribution < -0.4 is 19.1 Å². The number of methoxy groups -OCH3 is 2. The molecule has 3 aromatic rings. The summed E-state index contributed by atoms with van der Waals surface area (Å²) in [5.41, 5.74) is 1.60. The van der Waals surface area contributed by atoms with Crippen LogP contribution in [0.4, 0.5) is 11.4 Å². The van der Waals surface area contributed by atoms with Gasteiger partial charge in [0.15, 0.2) is 0 Å². The summed E-state index contributed by atoms with van der Waals surface area (Å²) in [5.74, 6) is 0.264. The zero-order chi connectivity index (χ0) is 23.3. The predicted octanol–water partition coefficient (Wildman–Crippen LogP) is 4.61. The fraction of sp³-hybridized carbons (Fsp3) is 0.174. The lowest BCUT2D eigenvalue weighted by atomic mass is 10.2. The predicted molar refractivity (Wildman–Crippen MR) is 128 cm³/mol. The van der Waals surface area contributed by atoms with Crippen molar-refractivity contribution in [1.29, 1.82) is 0 Å². The molecule has 0 spiro atoms. The number of nitrogens with zero attached hydrogens (tertiary/aromatic N) is 1. The van der Waals surface area contributed by atoms with Crippen molar-refractivity contribution in [2.45, 2.75) is 11.8 Å². The molecular weight excluding hydrogens is 496 g/mol. The third kappa shape index (κ3) is 5.23. The summed E-state index contributed by atoms with van der Waals surface area (Å²) in [6, 6.07) is 18.4.